The van der Waals surface area contributed by atoms with Gasteiger partial charge in [-0.15, -0.1) is 0 Å². The van der Waals surface area contributed by atoms with Crippen LogP contribution in [0.2, 0.25) is 0 Å². The van der Waals surface area contributed by atoms with Gasteiger partial charge in [-0.05, 0) is 49.8 Å². The molecule has 1 amide bonds. The highest BCUT2D eigenvalue weighted by molar-refractivity contribution is 5.90. The summed E-state index contributed by atoms with van der Waals surface area (Å²) in [6.45, 7) is 1.15. The number of pyridine rings is 1. The van der Waals surface area contributed by atoms with Gasteiger partial charge in [0, 0.05) is 31.1 Å². The topological polar surface area (TPSA) is 72.3 Å². The number of aromatic nitrogens is 3. The van der Waals surface area contributed by atoms with Crippen LogP contribution in [-0.4, -0.2) is 39.5 Å². The summed E-state index contributed by atoms with van der Waals surface area (Å²) in [5.41, 5.74) is 0.343. The number of hydrogen-bond donors (Lipinski definition) is 1. The largest absolute Gasteiger partial charge is 0.441 e. The maximum Gasteiger partial charge on any atom is 0.415 e. The van der Waals surface area contributed by atoms with Crippen LogP contribution in [0.4, 0.5) is 25.1 Å². The number of carbonyl (C=O) groups is 1. The fraction of sp³-hybridized carbons (Fsp3) is 0.348. The van der Waals surface area contributed by atoms with Gasteiger partial charge in [-0.25, -0.2) is 18.9 Å². The standard InChI is InChI=1S/C23H23F2N5O2/c24-18-3-1-2-4-19(18)30-12-8-21(28-30)27-14-16-5-9-23(10-6-16)15-29(22(31)32-23)17-7-11-26-20(25)13-17/h1-4,7-8,11-13,16H,5-6,9-10,14-15H2,(H,27,28)/t16-,23-. The monoisotopic (exact) mass is 439 g/mol. The van der Waals surface area contributed by atoms with Crippen molar-refractivity contribution >= 4 is 17.6 Å². The number of rotatable bonds is 5. The molecule has 0 radical (unpaired) electrons. The van der Waals surface area contributed by atoms with Gasteiger partial charge in [0.05, 0.1) is 12.2 Å². The first-order valence-corrected chi connectivity index (χ1v) is 10.7. The van der Waals surface area contributed by atoms with Gasteiger partial charge in [0.2, 0.25) is 5.95 Å². The first kappa shape index (κ1) is 20.4. The van der Waals surface area contributed by atoms with E-state index in [1.165, 1.54) is 27.9 Å². The third kappa shape index (κ3) is 4.02. The number of anilines is 2. The fourth-order valence-corrected chi connectivity index (χ4v) is 4.49. The molecule has 0 atom stereocenters. The zero-order chi connectivity index (χ0) is 22.1. The second kappa shape index (κ2) is 8.22. The number of nitrogens with one attached hydrogen (secondary N) is 1. The summed E-state index contributed by atoms with van der Waals surface area (Å²) in [7, 11) is 0. The molecule has 1 spiro atoms. The molecule has 9 heteroatoms. The van der Waals surface area contributed by atoms with Crippen LogP contribution in [0.1, 0.15) is 25.7 Å². The molecule has 2 fully saturated rings. The van der Waals surface area contributed by atoms with Crippen LogP contribution in [0.5, 0.6) is 0 Å². The van der Waals surface area contributed by atoms with Crippen molar-refractivity contribution in [2.24, 2.45) is 5.92 Å². The molecule has 32 heavy (non-hydrogen) atoms. The second-order valence-electron chi connectivity index (χ2n) is 8.40. The first-order chi connectivity index (χ1) is 15.5. The highest BCUT2D eigenvalue weighted by Gasteiger charge is 2.47. The molecule has 1 saturated heterocycles. The van der Waals surface area contributed by atoms with Crippen molar-refractivity contribution in [3.63, 3.8) is 0 Å². The maximum absolute atomic E-state index is 13.9. The van der Waals surface area contributed by atoms with Crippen LogP contribution in [0.25, 0.3) is 5.69 Å². The molecular formula is C23H23F2N5O2. The Morgan fingerprint density at radius 3 is 2.75 bits per heavy atom. The van der Waals surface area contributed by atoms with E-state index in [1.54, 1.807) is 30.5 Å². The van der Waals surface area contributed by atoms with Crippen LogP contribution >= 0.6 is 0 Å². The van der Waals surface area contributed by atoms with Gasteiger partial charge in [0.25, 0.3) is 0 Å². The minimum Gasteiger partial charge on any atom is -0.441 e. The van der Waals surface area contributed by atoms with Gasteiger partial charge in [0.15, 0.2) is 0 Å². The Morgan fingerprint density at radius 1 is 1.16 bits per heavy atom. The summed E-state index contributed by atoms with van der Waals surface area (Å²) in [5.74, 6) is 0.148. The molecule has 3 aromatic rings. The number of ether oxygens (including phenoxy) is 1. The van der Waals surface area contributed by atoms with Crippen LogP contribution in [0, 0.1) is 17.7 Å². The van der Waals surface area contributed by atoms with E-state index in [0.29, 0.717) is 29.7 Å². The summed E-state index contributed by atoms with van der Waals surface area (Å²) in [6, 6.07) is 11.2. The van der Waals surface area contributed by atoms with Crippen molar-refractivity contribution in [1.82, 2.24) is 14.8 Å². The van der Waals surface area contributed by atoms with Crippen molar-refractivity contribution in [3.8, 4) is 5.69 Å². The molecule has 7 nitrogen and oxygen atoms in total. The molecule has 1 aromatic carbocycles. The molecule has 1 saturated carbocycles. The van der Waals surface area contributed by atoms with E-state index in [4.69, 9.17) is 4.74 Å². The average Bonchev–Trinajstić information content (AvgIpc) is 3.38. The number of carbonyl (C=O) groups excluding carboxylic acids is 1. The van der Waals surface area contributed by atoms with Gasteiger partial charge in [-0.3, -0.25) is 4.90 Å². The summed E-state index contributed by atoms with van der Waals surface area (Å²) in [6.07, 6.45) is 5.92. The van der Waals surface area contributed by atoms with Gasteiger partial charge >= 0.3 is 6.09 Å². The van der Waals surface area contributed by atoms with E-state index in [9.17, 15) is 13.6 Å². The lowest BCUT2D eigenvalue weighted by atomic mass is 9.78. The molecular weight excluding hydrogens is 416 g/mol. The van der Waals surface area contributed by atoms with Crippen molar-refractivity contribution < 1.29 is 18.3 Å². The van der Waals surface area contributed by atoms with E-state index >= 15 is 0 Å². The van der Waals surface area contributed by atoms with Crippen molar-refractivity contribution in [2.75, 3.05) is 23.3 Å². The Morgan fingerprint density at radius 2 is 1.97 bits per heavy atom. The number of nitrogens with zero attached hydrogens (tertiary/aromatic N) is 4. The number of benzene rings is 1. The van der Waals surface area contributed by atoms with E-state index in [0.717, 1.165) is 32.2 Å². The lowest BCUT2D eigenvalue weighted by Gasteiger charge is -2.35. The Balaban J connectivity index is 1.16. The molecule has 1 aliphatic heterocycles. The minimum absolute atomic E-state index is 0.325. The van der Waals surface area contributed by atoms with Crippen LogP contribution < -0.4 is 10.2 Å². The lowest BCUT2D eigenvalue weighted by Crippen LogP contribution is -2.39. The molecule has 166 valence electrons. The zero-order valence-corrected chi connectivity index (χ0v) is 17.4. The van der Waals surface area contributed by atoms with Crippen LogP contribution in [0.3, 0.4) is 0 Å². The predicted molar refractivity (Wildman–Crippen MR) is 115 cm³/mol. The highest BCUT2D eigenvalue weighted by Crippen LogP contribution is 2.40. The number of amides is 1. The Labute approximate surface area is 184 Å². The lowest BCUT2D eigenvalue weighted by molar-refractivity contribution is 0.0148. The summed E-state index contributed by atoms with van der Waals surface area (Å²) in [4.78, 5) is 17.4. The molecule has 5 rings (SSSR count). The quantitative estimate of drug-likeness (QED) is 0.591. The molecule has 2 aromatic heterocycles. The van der Waals surface area contributed by atoms with E-state index in [2.05, 4.69) is 15.4 Å². The van der Waals surface area contributed by atoms with Gasteiger partial charge in [-0.1, -0.05) is 12.1 Å². The maximum atomic E-state index is 13.9. The average molecular weight is 439 g/mol. The third-order valence-corrected chi connectivity index (χ3v) is 6.27. The highest BCUT2D eigenvalue weighted by atomic mass is 19.1. The van der Waals surface area contributed by atoms with E-state index in [1.807, 2.05) is 6.07 Å². The fourth-order valence-electron chi connectivity index (χ4n) is 4.49. The second-order valence-corrected chi connectivity index (χ2v) is 8.40. The minimum atomic E-state index is -0.622. The zero-order valence-electron chi connectivity index (χ0n) is 17.4. The molecule has 0 bridgehead atoms. The summed E-state index contributed by atoms with van der Waals surface area (Å²) >= 11 is 0. The van der Waals surface area contributed by atoms with Crippen molar-refractivity contribution in [3.05, 3.63) is 66.6 Å². The molecule has 1 aliphatic carbocycles. The first-order valence-electron chi connectivity index (χ1n) is 10.7. The molecule has 2 aliphatic rings. The van der Waals surface area contributed by atoms with E-state index < -0.39 is 17.6 Å². The number of hydrogen-bond acceptors (Lipinski definition) is 5. The molecule has 1 N–H and O–H groups in total. The molecule has 3 heterocycles. The summed E-state index contributed by atoms with van der Waals surface area (Å²) < 4.78 is 34.7. The number of halogens is 2. The summed E-state index contributed by atoms with van der Waals surface area (Å²) in [5, 5.41) is 7.74. The third-order valence-electron chi connectivity index (χ3n) is 6.27. The SMILES string of the molecule is O=C1O[C@]2(CC[C@H](CNc3ccn(-c4ccccc4F)n3)CC2)CN1c1ccnc(F)c1. The smallest absolute Gasteiger partial charge is 0.415 e. The van der Waals surface area contributed by atoms with Crippen LogP contribution in [-0.2, 0) is 4.74 Å². The Kier molecular flexibility index (Phi) is 5.24. The van der Waals surface area contributed by atoms with Gasteiger partial charge < -0.3 is 10.1 Å². The van der Waals surface area contributed by atoms with Gasteiger partial charge in [-0.2, -0.15) is 9.49 Å². The van der Waals surface area contributed by atoms with Crippen molar-refractivity contribution in [2.45, 2.75) is 31.3 Å². The Bertz CT molecular complexity index is 1130. The Hall–Kier alpha value is -3.49. The van der Waals surface area contributed by atoms with Crippen molar-refractivity contribution in [1.29, 1.82) is 0 Å². The van der Waals surface area contributed by atoms with Gasteiger partial charge in [0.1, 0.15) is 22.9 Å². The number of para-hydroxylation sites is 1. The molecule has 0 unspecified atom stereocenters. The normalized spacial score (nSPS) is 22.9. The van der Waals surface area contributed by atoms with E-state index in [-0.39, 0.29) is 5.82 Å². The van der Waals surface area contributed by atoms with Crippen LogP contribution in [0.15, 0.2) is 54.9 Å². The predicted octanol–water partition coefficient (Wildman–Crippen LogP) is 4.54.